The molecule has 0 aromatic carbocycles. The number of hydrogen-bond acceptors (Lipinski definition) is 6. The lowest BCUT2D eigenvalue weighted by Crippen LogP contribution is -2.43. The monoisotopic (exact) mass is 451 g/mol. The van der Waals surface area contributed by atoms with E-state index < -0.39 is 0 Å². The number of hydrazine groups is 1. The van der Waals surface area contributed by atoms with Crippen LogP contribution in [-0.4, -0.2) is 52.8 Å². The topological polar surface area (TPSA) is 136 Å². The number of anilines is 1. The van der Waals surface area contributed by atoms with Gasteiger partial charge in [-0.25, -0.2) is 15.6 Å². The highest BCUT2D eigenvalue weighted by atomic mass is 16.2. The van der Waals surface area contributed by atoms with E-state index in [2.05, 4.69) is 40.0 Å². The number of allylic oxidation sites excluding steroid dienone is 5. The maximum Gasteiger partial charge on any atom is 0.317 e. The first-order valence-corrected chi connectivity index (χ1v) is 10.9. The molecule has 1 aliphatic carbocycles. The molecule has 10 heteroatoms. The smallest absolute Gasteiger partial charge is 0.317 e. The first-order chi connectivity index (χ1) is 15.8. The van der Waals surface area contributed by atoms with E-state index in [1.54, 1.807) is 6.08 Å². The summed E-state index contributed by atoms with van der Waals surface area (Å²) >= 11 is 0. The van der Waals surface area contributed by atoms with Gasteiger partial charge in [0.1, 0.15) is 5.82 Å². The SMILES string of the molecule is CNC(=O)N1CC(=O)c2c([nH]c(C3=CCNC(N(N)C(C)=O)=C3)c2NC2=CCC(C)C=C2)C1. The molecule has 0 spiro atoms. The number of ketones is 1. The van der Waals surface area contributed by atoms with Crippen LogP contribution in [-0.2, 0) is 11.3 Å². The Bertz CT molecular complexity index is 1130. The highest BCUT2D eigenvalue weighted by molar-refractivity contribution is 6.08. The fourth-order valence-corrected chi connectivity index (χ4v) is 4.11. The van der Waals surface area contributed by atoms with Crippen LogP contribution in [0, 0.1) is 5.92 Å². The number of fused-ring (bicyclic) bond motifs is 1. The summed E-state index contributed by atoms with van der Waals surface area (Å²) in [5.41, 5.74) is 4.25. The second-order valence-electron chi connectivity index (χ2n) is 8.38. The van der Waals surface area contributed by atoms with Crippen LogP contribution < -0.4 is 21.8 Å². The Labute approximate surface area is 192 Å². The molecule has 0 fully saturated rings. The van der Waals surface area contributed by atoms with Crippen molar-refractivity contribution in [2.75, 3.05) is 25.5 Å². The molecule has 0 bridgehead atoms. The average molecular weight is 452 g/mol. The van der Waals surface area contributed by atoms with Crippen molar-refractivity contribution in [2.45, 2.75) is 26.8 Å². The van der Waals surface area contributed by atoms with Crippen LogP contribution in [0.2, 0.25) is 0 Å². The molecule has 0 radical (unpaired) electrons. The predicted molar refractivity (Wildman–Crippen MR) is 125 cm³/mol. The van der Waals surface area contributed by atoms with Crippen LogP contribution in [0.3, 0.4) is 0 Å². The molecule has 0 saturated carbocycles. The Balaban J connectivity index is 1.77. The number of H-pyrrole nitrogens is 1. The minimum absolute atomic E-state index is 0.00677. The van der Waals surface area contributed by atoms with E-state index in [-0.39, 0.29) is 30.8 Å². The summed E-state index contributed by atoms with van der Waals surface area (Å²) in [5, 5.41) is 10.1. The van der Waals surface area contributed by atoms with E-state index in [1.165, 1.54) is 18.9 Å². The second-order valence-corrected chi connectivity index (χ2v) is 8.38. The number of aromatic amines is 1. The molecule has 3 amide bonds. The standard InChI is InChI=1S/C23H29N7O3/c1-13-4-6-16(7-5-13)27-22-20-17(11-29(12-18(20)32)23(33)25-3)28-21(22)15-8-9-26-19(10-15)30(24)14(2)31/h4,6-8,10,13,26-28H,5,9,11-12,24H2,1-3H3,(H,25,33). The van der Waals surface area contributed by atoms with E-state index in [4.69, 9.17) is 5.84 Å². The summed E-state index contributed by atoms with van der Waals surface area (Å²) in [6.07, 6.45) is 10.9. The van der Waals surface area contributed by atoms with E-state index >= 15 is 0 Å². The van der Waals surface area contributed by atoms with Gasteiger partial charge in [0.25, 0.3) is 0 Å². The normalized spacial score (nSPS) is 19.6. The number of carbonyl (C=O) groups excluding carboxylic acids is 3. The van der Waals surface area contributed by atoms with Crippen molar-refractivity contribution in [1.82, 2.24) is 25.5 Å². The molecule has 0 saturated heterocycles. The molecule has 1 atom stereocenters. The molecule has 174 valence electrons. The van der Waals surface area contributed by atoms with Crippen molar-refractivity contribution >= 4 is 29.0 Å². The maximum absolute atomic E-state index is 13.1. The highest BCUT2D eigenvalue weighted by Crippen LogP contribution is 2.36. The van der Waals surface area contributed by atoms with Gasteiger partial charge in [0.2, 0.25) is 5.91 Å². The van der Waals surface area contributed by atoms with E-state index in [0.717, 1.165) is 22.7 Å². The van der Waals surface area contributed by atoms with Gasteiger partial charge in [0, 0.05) is 37.5 Å². The molecular formula is C23H29N7O3. The number of rotatable bonds is 4. The molecule has 4 rings (SSSR count). The van der Waals surface area contributed by atoms with Crippen LogP contribution in [0.4, 0.5) is 10.5 Å². The minimum Gasteiger partial charge on any atom is -0.367 e. The Morgan fingerprint density at radius 3 is 2.73 bits per heavy atom. The quantitative estimate of drug-likeness (QED) is 0.269. The number of carbonyl (C=O) groups is 3. The summed E-state index contributed by atoms with van der Waals surface area (Å²) in [5.74, 6) is 6.36. The van der Waals surface area contributed by atoms with Crippen molar-refractivity contribution in [3.63, 3.8) is 0 Å². The van der Waals surface area contributed by atoms with Gasteiger partial charge in [0.05, 0.1) is 30.0 Å². The predicted octanol–water partition coefficient (Wildman–Crippen LogP) is 1.79. The van der Waals surface area contributed by atoms with Crippen molar-refractivity contribution < 1.29 is 14.4 Å². The fourth-order valence-electron chi connectivity index (χ4n) is 4.11. The first kappa shape index (κ1) is 22.4. The zero-order valence-corrected chi connectivity index (χ0v) is 19.0. The molecule has 10 nitrogen and oxygen atoms in total. The minimum atomic E-state index is -0.310. The third-order valence-electron chi connectivity index (χ3n) is 5.91. The van der Waals surface area contributed by atoms with Gasteiger partial charge in [-0.3, -0.25) is 9.59 Å². The van der Waals surface area contributed by atoms with Gasteiger partial charge < -0.3 is 25.8 Å². The van der Waals surface area contributed by atoms with Gasteiger partial charge in [-0.05, 0) is 24.5 Å². The Morgan fingerprint density at radius 1 is 1.27 bits per heavy atom. The Hall–Kier alpha value is -3.79. The van der Waals surface area contributed by atoms with Crippen LogP contribution in [0.1, 0.15) is 42.0 Å². The number of nitrogens with zero attached hydrogens (tertiary/aromatic N) is 2. The third kappa shape index (κ3) is 4.42. The molecule has 33 heavy (non-hydrogen) atoms. The van der Waals surface area contributed by atoms with Crippen molar-refractivity contribution in [3.8, 4) is 0 Å². The lowest BCUT2D eigenvalue weighted by Gasteiger charge is -2.26. The molecule has 2 aliphatic heterocycles. The zero-order chi connectivity index (χ0) is 23.7. The van der Waals surface area contributed by atoms with Crippen molar-refractivity contribution in [1.29, 1.82) is 0 Å². The molecular weight excluding hydrogens is 422 g/mol. The average Bonchev–Trinajstić information content (AvgIpc) is 3.18. The summed E-state index contributed by atoms with van der Waals surface area (Å²) < 4.78 is 0. The fraction of sp³-hybridized carbons (Fsp3) is 0.348. The van der Waals surface area contributed by atoms with Gasteiger partial charge in [-0.2, -0.15) is 0 Å². The number of dihydropyridines is 1. The highest BCUT2D eigenvalue weighted by Gasteiger charge is 2.33. The van der Waals surface area contributed by atoms with Crippen LogP contribution in [0.25, 0.3) is 5.57 Å². The first-order valence-electron chi connectivity index (χ1n) is 10.9. The zero-order valence-electron chi connectivity index (χ0n) is 19.0. The molecule has 6 N–H and O–H groups in total. The largest absolute Gasteiger partial charge is 0.367 e. The lowest BCUT2D eigenvalue weighted by atomic mass is 9.99. The molecule has 1 unspecified atom stereocenters. The lowest BCUT2D eigenvalue weighted by molar-refractivity contribution is -0.127. The maximum atomic E-state index is 13.1. The van der Waals surface area contributed by atoms with Gasteiger partial charge in [-0.15, -0.1) is 0 Å². The Kier molecular flexibility index (Phi) is 6.10. The van der Waals surface area contributed by atoms with Gasteiger partial charge in [0.15, 0.2) is 5.78 Å². The van der Waals surface area contributed by atoms with Crippen molar-refractivity contribution in [3.05, 3.63) is 58.8 Å². The molecule has 1 aromatic rings. The van der Waals surface area contributed by atoms with Gasteiger partial charge >= 0.3 is 6.03 Å². The van der Waals surface area contributed by atoms with E-state index in [0.29, 0.717) is 40.9 Å². The Morgan fingerprint density at radius 2 is 2.06 bits per heavy atom. The second kappa shape index (κ2) is 8.99. The van der Waals surface area contributed by atoms with Crippen LogP contribution in [0.5, 0.6) is 0 Å². The number of Topliss-reactive ketones (excluding diaryl/α,β-unsaturated/α-hetero) is 1. The summed E-state index contributed by atoms with van der Waals surface area (Å²) in [7, 11) is 1.54. The number of nitrogens with one attached hydrogen (secondary N) is 4. The number of nitrogens with two attached hydrogens (primary N) is 1. The summed E-state index contributed by atoms with van der Waals surface area (Å²) in [4.78, 5) is 41.9. The number of amides is 3. The van der Waals surface area contributed by atoms with Gasteiger partial charge in [-0.1, -0.05) is 25.2 Å². The number of urea groups is 1. The number of hydrogen-bond donors (Lipinski definition) is 5. The molecule has 3 aliphatic rings. The van der Waals surface area contributed by atoms with Crippen molar-refractivity contribution in [2.24, 2.45) is 11.8 Å². The van der Waals surface area contributed by atoms with E-state index in [1.807, 2.05) is 12.2 Å². The number of aromatic nitrogens is 1. The van der Waals surface area contributed by atoms with E-state index in [9.17, 15) is 14.4 Å². The molecule has 3 heterocycles. The van der Waals surface area contributed by atoms with Crippen LogP contribution >= 0.6 is 0 Å². The molecule has 1 aromatic heterocycles. The summed E-state index contributed by atoms with van der Waals surface area (Å²) in [6, 6.07) is -0.310. The summed E-state index contributed by atoms with van der Waals surface area (Å²) in [6.45, 7) is 4.26. The van der Waals surface area contributed by atoms with Crippen LogP contribution in [0.15, 0.2) is 41.9 Å². The third-order valence-corrected chi connectivity index (χ3v) is 5.91.